The summed E-state index contributed by atoms with van der Waals surface area (Å²) in [4.78, 5) is 19.5. The van der Waals surface area contributed by atoms with Gasteiger partial charge >= 0.3 is 0 Å². The molecule has 0 spiro atoms. The van der Waals surface area contributed by atoms with E-state index in [1.807, 2.05) is 12.1 Å². The van der Waals surface area contributed by atoms with Crippen molar-refractivity contribution in [1.82, 2.24) is 9.97 Å². The molecule has 1 heterocycles. The molecular formula is C14H12BrClN2O. The van der Waals surface area contributed by atoms with Crippen LogP contribution in [-0.2, 0) is 12.8 Å². The third-order valence-corrected chi connectivity index (χ3v) is 4.62. The van der Waals surface area contributed by atoms with Crippen LogP contribution in [-0.4, -0.2) is 9.97 Å². The summed E-state index contributed by atoms with van der Waals surface area (Å²) >= 11 is 9.43. The quantitative estimate of drug-likeness (QED) is 0.860. The molecule has 1 aliphatic rings. The van der Waals surface area contributed by atoms with Gasteiger partial charge in [0.2, 0.25) is 0 Å². The van der Waals surface area contributed by atoms with Crippen molar-refractivity contribution in [2.45, 2.75) is 25.7 Å². The Balaban J connectivity index is 2.12. The number of aryl methyl sites for hydroxylation is 1. The van der Waals surface area contributed by atoms with Crippen LogP contribution in [0.1, 0.15) is 24.1 Å². The normalized spacial score (nSPS) is 14.2. The zero-order valence-electron chi connectivity index (χ0n) is 10.2. The summed E-state index contributed by atoms with van der Waals surface area (Å²) in [5.41, 5.74) is 2.60. The number of aromatic nitrogens is 2. The number of benzene rings is 1. The molecule has 5 heteroatoms. The lowest BCUT2D eigenvalue weighted by atomic mass is 9.97. The first-order valence-electron chi connectivity index (χ1n) is 6.22. The molecule has 3 nitrogen and oxygen atoms in total. The van der Waals surface area contributed by atoms with Crippen LogP contribution < -0.4 is 5.56 Å². The molecule has 0 saturated carbocycles. The van der Waals surface area contributed by atoms with Crippen LogP contribution >= 0.6 is 27.5 Å². The maximum atomic E-state index is 12.1. The zero-order chi connectivity index (χ0) is 13.4. The first-order chi connectivity index (χ1) is 9.15. The SMILES string of the molecule is O=c1[nH]c(-c2ccc(Br)c(Cl)c2)nc2c1CCCC2. The molecule has 0 unspecified atom stereocenters. The van der Waals surface area contributed by atoms with Gasteiger partial charge < -0.3 is 4.98 Å². The van der Waals surface area contributed by atoms with E-state index in [2.05, 4.69) is 25.9 Å². The van der Waals surface area contributed by atoms with Crippen molar-refractivity contribution in [2.75, 3.05) is 0 Å². The van der Waals surface area contributed by atoms with E-state index in [0.717, 1.165) is 47.0 Å². The number of aromatic amines is 1. The summed E-state index contributed by atoms with van der Waals surface area (Å²) < 4.78 is 0.832. The van der Waals surface area contributed by atoms with Crippen LogP contribution in [0.5, 0.6) is 0 Å². The third-order valence-electron chi connectivity index (χ3n) is 3.38. The molecule has 2 aromatic rings. The fourth-order valence-corrected chi connectivity index (χ4v) is 2.81. The molecule has 0 fully saturated rings. The van der Waals surface area contributed by atoms with E-state index in [1.165, 1.54) is 0 Å². The lowest BCUT2D eigenvalue weighted by Crippen LogP contribution is -2.21. The van der Waals surface area contributed by atoms with Gasteiger partial charge in [0, 0.05) is 15.6 Å². The molecule has 0 bridgehead atoms. The van der Waals surface area contributed by atoms with Crippen molar-refractivity contribution in [1.29, 1.82) is 0 Å². The van der Waals surface area contributed by atoms with E-state index < -0.39 is 0 Å². The predicted molar refractivity (Wildman–Crippen MR) is 79.6 cm³/mol. The minimum Gasteiger partial charge on any atom is -0.306 e. The highest BCUT2D eigenvalue weighted by Gasteiger charge is 2.16. The first kappa shape index (κ1) is 12.9. The average Bonchev–Trinajstić information content (AvgIpc) is 2.42. The van der Waals surface area contributed by atoms with Crippen LogP contribution in [0.15, 0.2) is 27.5 Å². The molecule has 0 aliphatic heterocycles. The molecule has 98 valence electrons. The Morgan fingerprint density at radius 3 is 2.84 bits per heavy atom. The molecule has 1 aromatic heterocycles. The molecule has 19 heavy (non-hydrogen) atoms. The Hall–Kier alpha value is -1.13. The van der Waals surface area contributed by atoms with Gasteiger partial charge in [-0.3, -0.25) is 4.79 Å². The van der Waals surface area contributed by atoms with Gasteiger partial charge in [0.05, 0.1) is 10.7 Å². The van der Waals surface area contributed by atoms with Crippen LogP contribution in [0.2, 0.25) is 5.02 Å². The first-order valence-corrected chi connectivity index (χ1v) is 7.40. The molecule has 3 rings (SSSR count). The van der Waals surface area contributed by atoms with E-state index in [-0.39, 0.29) is 5.56 Å². The Morgan fingerprint density at radius 2 is 2.05 bits per heavy atom. The van der Waals surface area contributed by atoms with Gasteiger partial charge in [-0.1, -0.05) is 17.7 Å². The number of nitrogens with one attached hydrogen (secondary N) is 1. The number of hydrogen-bond acceptors (Lipinski definition) is 2. The van der Waals surface area contributed by atoms with Gasteiger partial charge in [0.1, 0.15) is 5.82 Å². The largest absolute Gasteiger partial charge is 0.306 e. The summed E-state index contributed by atoms with van der Waals surface area (Å²) in [6, 6.07) is 5.56. The molecule has 0 amide bonds. The van der Waals surface area contributed by atoms with Crippen LogP contribution in [0.4, 0.5) is 0 Å². The second-order valence-corrected chi connectivity index (χ2v) is 5.94. The maximum absolute atomic E-state index is 12.1. The number of nitrogens with zero attached hydrogens (tertiary/aromatic N) is 1. The van der Waals surface area contributed by atoms with E-state index in [9.17, 15) is 4.79 Å². The van der Waals surface area contributed by atoms with Gasteiger partial charge in [-0.2, -0.15) is 0 Å². The lowest BCUT2D eigenvalue weighted by Gasteiger charge is -2.14. The standard InChI is InChI=1S/C14H12BrClN2O/c15-10-6-5-8(7-11(10)16)13-17-12-4-2-1-3-9(12)14(19)18-13/h5-7H,1-4H2,(H,17,18,19). The molecule has 0 atom stereocenters. The second kappa shape index (κ2) is 5.10. The fraction of sp³-hybridized carbons (Fsp3) is 0.286. The molecule has 1 aromatic carbocycles. The van der Waals surface area contributed by atoms with Gasteiger partial charge in [0.15, 0.2) is 0 Å². The Kier molecular flexibility index (Phi) is 3.46. The molecule has 1 aliphatic carbocycles. The average molecular weight is 340 g/mol. The zero-order valence-corrected chi connectivity index (χ0v) is 12.5. The van der Waals surface area contributed by atoms with Gasteiger partial charge in [-0.05, 0) is 53.7 Å². The van der Waals surface area contributed by atoms with Crippen LogP contribution in [0.3, 0.4) is 0 Å². The van der Waals surface area contributed by atoms with Crippen LogP contribution in [0.25, 0.3) is 11.4 Å². The Morgan fingerprint density at radius 1 is 1.26 bits per heavy atom. The fourth-order valence-electron chi connectivity index (χ4n) is 2.38. The van der Waals surface area contributed by atoms with Crippen molar-refractivity contribution in [3.63, 3.8) is 0 Å². The Labute approximate surface area is 124 Å². The van der Waals surface area contributed by atoms with Gasteiger partial charge in [0.25, 0.3) is 5.56 Å². The second-order valence-electron chi connectivity index (χ2n) is 4.68. The third kappa shape index (κ3) is 2.47. The van der Waals surface area contributed by atoms with E-state index in [1.54, 1.807) is 6.07 Å². The van der Waals surface area contributed by atoms with Crippen molar-refractivity contribution >= 4 is 27.5 Å². The Bertz CT molecular complexity index is 696. The van der Waals surface area contributed by atoms with Gasteiger partial charge in [-0.25, -0.2) is 4.98 Å². The topological polar surface area (TPSA) is 45.8 Å². The summed E-state index contributed by atoms with van der Waals surface area (Å²) in [7, 11) is 0. The number of fused-ring (bicyclic) bond motifs is 1. The number of halogens is 2. The minimum absolute atomic E-state index is 0.0151. The molecule has 0 radical (unpaired) electrons. The summed E-state index contributed by atoms with van der Waals surface area (Å²) in [6.45, 7) is 0. The molecule has 0 saturated heterocycles. The van der Waals surface area contributed by atoms with Crippen molar-refractivity contribution < 1.29 is 0 Å². The van der Waals surface area contributed by atoms with Crippen molar-refractivity contribution in [2.24, 2.45) is 0 Å². The minimum atomic E-state index is -0.0151. The van der Waals surface area contributed by atoms with E-state index in [4.69, 9.17) is 11.6 Å². The highest BCUT2D eigenvalue weighted by atomic mass is 79.9. The lowest BCUT2D eigenvalue weighted by molar-refractivity contribution is 0.657. The smallest absolute Gasteiger partial charge is 0.254 e. The van der Waals surface area contributed by atoms with Crippen LogP contribution in [0, 0.1) is 0 Å². The summed E-state index contributed by atoms with van der Waals surface area (Å²) in [5.74, 6) is 0.597. The van der Waals surface area contributed by atoms with E-state index >= 15 is 0 Å². The van der Waals surface area contributed by atoms with Crippen molar-refractivity contribution in [3.8, 4) is 11.4 Å². The van der Waals surface area contributed by atoms with E-state index in [0.29, 0.717) is 10.8 Å². The highest BCUT2D eigenvalue weighted by molar-refractivity contribution is 9.10. The number of H-pyrrole nitrogens is 1. The molecule has 1 N–H and O–H groups in total. The molecular weight excluding hydrogens is 328 g/mol. The highest BCUT2D eigenvalue weighted by Crippen LogP contribution is 2.27. The summed E-state index contributed by atoms with van der Waals surface area (Å²) in [5, 5.41) is 0.609. The maximum Gasteiger partial charge on any atom is 0.254 e. The van der Waals surface area contributed by atoms with Crippen molar-refractivity contribution in [3.05, 3.63) is 49.3 Å². The number of rotatable bonds is 1. The predicted octanol–water partition coefficient (Wildman–Crippen LogP) is 3.73. The summed E-state index contributed by atoms with van der Waals surface area (Å²) in [6.07, 6.45) is 3.89. The number of hydrogen-bond donors (Lipinski definition) is 1. The monoisotopic (exact) mass is 338 g/mol. The van der Waals surface area contributed by atoms with Gasteiger partial charge in [-0.15, -0.1) is 0 Å².